The van der Waals surface area contributed by atoms with Gasteiger partial charge in [-0.2, -0.15) is 0 Å². The highest BCUT2D eigenvalue weighted by Crippen LogP contribution is 2.29. The van der Waals surface area contributed by atoms with E-state index < -0.39 is 0 Å². The van der Waals surface area contributed by atoms with Crippen LogP contribution >= 0.6 is 0 Å². The van der Waals surface area contributed by atoms with Crippen LogP contribution in [0.3, 0.4) is 0 Å². The Morgan fingerprint density at radius 2 is 1.91 bits per heavy atom. The van der Waals surface area contributed by atoms with Crippen molar-refractivity contribution in [2.45, 2.75) is 0 Å². The van der Waals surface area contributed by atoms with Crippen molar-refractivity contribution in [3.05, 3.63) is 60.8 Å². The summed E-state index contributed by atoms with van der Waals surface area (Å²) >= 11 is 0. The number of methoxy groups -OCH3 is 1. The molecule has 5 heteroatoms. The SMILES string of the molecule is COc1ccc2ncc3ncn(-c4ccccc4F)c3c2c1. The molecule has 0 fully saturated rings. The number of benzene rings is 2. The maximum atomic E-state index is 14.1. The molecular formula is C17H12FN3O. The number of pyridine rings is 1. The van der Waals surface area contributed by atoms with Gasteiger partial charge in [-0.1, -0.05) is 12.1 Å². The lowest BCUT2D eigenvalue weighted by Crippen LogP contribution is -1.96. The molecule has 2 aromatic heterocycles. The van der Waals surface area contributed by atoms with Crippen LogP contribution in [0.15, 0.2) is 55.0 Å². The quantitative estimate of drug-likeness (QED) is 0.565. The van der Waals surface area contributed by atoms with Crippen LogP contribution in [0, 0.1) is 5.82 Å². The maximum Gasteiger partial charge on any atom is 0.147 e. The number of rotatable bonds is 2. The van der Waals surface area contributed by atoms with Gasteiger partial charge in [-0.05, 0) is 30.3 Å². The molecule has 0 atom stereocenters. The summed E-state index contributed by atoms with van der Waals surface area (Å²) in [5.74, 6) is 0.428. The average Bonchev–Trinajstić information content (AvgIpc) is 2.99. The molecule has 0 aliphatic rings. The van der Waals surface area contributed by atoms with Gasteiger partial charge in [-0.15, -0.1) is 0 Å². The van der Waals surface area contributed by atoms with E-state index in [-0.39, 0.29) is 5.82 Å². The second-order valence-corrected chi connectivity index (χ2v) is 4.94. The molecule has 0 radical (unpaired) electrons. The van der Waals surface area contributed by atoms with Crippen molar-refractivity contribution >= 4 is 21.9 Å². The van der Waals surface area contributed by atoms with E-state index in [0.717, 1.165) is 22.2 Å². The van der Waals surface area contributed by atoms with Crippen molar-refractivity contribution in [1.82, 2.24) is 14.5 Å². The number of imidazole rings is 1. The summed E-state index contributed by atoms with van der Waals surface area (Å²) in [5, 5.41) is 0.873. The van der Waals surface area contributed by atoms with E-state index in [4.69, 9.17) is 4.74 Å². The number of aromatic nitrogens is 3. The van der Waals surface area contributed by atoms with Gasteiger partial charge in [0.25, 0.3) is 0 Å². The zero-order valence-electron chi connectivity index (χ0n) is 11.8. The molecule has 4 aromatic rings. The molecule has 22 heavy (non-hydrogen) atoms. The van der Waals surface area contributed by atoms with E-state index in [2.05, 4.69) is 9.97 Å². The molecule has 4 nitrogen and oxygen atoms in total. The van der Waals surface area contributed by atoms with Crippen LogP contribution in [0.25, 0.3) is 27.6 Å². The number of hydrogen-bond acceptors (Lipinski definition) is 3. The van der Waals surface area contributed by atoms with Crippen molar-refractivity contribution in [3.8, 4) is 11.4 Å². The topological polar surface area (TPSA) is 39.9 Å². The molecule has 2 heterocycles. The van der Waals surface area contributed by atoms with Crippen LogP contribution in [-0.2, 0) is 0 Å². The molecular weight excluding hydrogens is 281 g/mol. The fourth-order valence-electron chi connectivity index (χ4n) is 2.63. The van der Waals surface area contributed by atoms with Gasteiger partial charge >= 0.3 is 0 Å². The van der Waals surface area contributed by atoms with Crippen LogP contribution in [0.1, 0.15) is 0 Å². The lowest BCUT2D eigenvalue weighted by atomic mass is 10.1. The highest BCUT2D eigenvalue weighted by Gasteiger charge is 2.12. The molecule has 0 spiro atoms. The minimum absolute atomic E-state index is 0.297. The fourth-order valence-corrected chi connectivity index (χ4v) is 2.63. The summed E-state index contributed by atoms with van der Waals surface area (Å²) in [6, 6.07) is 12.3. The van der Waals surface area contributed by atoms with Crippen molar-refractivity contribution in [3.63, 3.8) is 0 Å². The summed E-state index contributed by atoms with van der Waals surface area (Å²) in [6.07, 6.45) is 3.31. The zero-order valence-corrected chi connectivity index (χ0v) is 11.8. The zero-order chi connectivity index (χ0) is 15.1. The molecule has 0 unspecified atom stereocenters. The second kappa shape index (κ2) is 4.80. The lowest BCUT2D eigenvalue weighted by molar-refractivity contribution is 0.415. The molecule has 0 saturated carbocycles. The first kappa shape index (κ1) is 12.8. The van der Waals surface area contributed by atoms with Crippen LogP contribution in [0.2, 0.25) is 0 Å². The minimum atomic E-state index is -0.297. The standard InChI is InChI=1S/C17H12FN3O/c1-22-11-6-7-14-12(8-11)17-15(9-19-14)20-10-21(17)16-5-3-2-4-13(16)18/h2-10H,1H3. The van der Waals surface area contributed by atoms with Crippen molar-refractivity contribution < 1.29 is 9.13 Å². The maximum absolute atomic E-state index is 14.1. The number of nitrogens with zero attached hydrogens (tertiary/aromatic N) is 3. The van der Waals surface area contributed by atoms with E-state index in [1.165, 1.54) is 6.07 Å². The second-order valence-electron chi connectivity index (χ2n) is 4.94. The largest absolute Gasteiger partial charge is 0.497 e. The van der Waals surface area contributed by atoms with E-state index in [9.17, 15) is 4.39 Å². The molecule has 0 aliphatic carbocycles. The van der Waals surface area contributed by atoms with Gasteiger partial charge in [0.15, 0.2) is 0 Å². The van der Waals surface area contributed by atoms with Gasteiger partial charge in [-0.3, -0.25) is 9.55 Å². The average molecular weight is 293 g/mol. The number of para-hydroxylation sites is 1. The van der Waals surface area contributed by atoms with Crippen molar-refractivity contribution in [2.75, 3.05) is 7.11 Å². The summed E-state index contributed by atoms with van der Waals surface area (Å²) in [4.78, 5) is 8.72. The first-order chi connectivity index (χ1) is 10.8. The summed E-state index contributed by atoms with van der Waals surface area (Å²) in [6.45, 7) is 0. The highest BCUT2D eigenvalue weighted by molar-refractivity contribution is 6.03. The van der Waals surface area contributed by atoms with E-state index in [0.29, 0.717) is 11.2 Å². The normalized spacial score (nSPS) is 11.2. The molecule has 0 saturated heterocycles. The minimum Gasteiger partial charge on any atom is -0.497 e. The smallest absolute Gasteiger partial charge is 0.147 e. The lowest BCUT2D eigenvalue weighted by Gasteiger charge is -2.08. The Morgan fingerprint density at radius 1 is 1.05 bits per heavy atom. The Balaban J connectivity index is 2.12. The summed E-state index contributed by atoms with van der Waals surface area (Å²) in [5.41, 5.74) is 2.80. The predicted octanol–water partition coefficient (Wildman–Crippen LogP) is 3.72. The first-order valence-corrected chi connectivity index (χ1v) is 6.82. The molecule has 0 bridgehead atoms. The Bertz CT molecular complexity index is 994. The van der Waals surface area contributed by atoms with Crippen molar-refractivity contribution in [2.24, 2.45) is 0 Å². The van der Waals surface area contributed by atoms with Crippen LogP contribution in [0.4, 0.5) is 4.39 Å². The Labute approximate surface area is 125 Å². The van der Waals surface area contributed by atoms with Gasteiger partial charge in [0, 0.05) is 5.39 Å². The first-order valence-electron chi connectivity index (χ1n) is 6.82. The third-order valence-electron chi connectivity index (χ3n) is 3.69. The van der Waals surface area contributed by atoms with Gasteiger partial charge in [-0.25, -0.2) is 9.37 Å². The molecule has 0 N–H and O–H groups in total. The monoisotopic (exact) mass is 293 g/mol. The van der Waals surface area contributed by atoms with Crippen LogP contribution < -0.4 is 4.74 Å². The molecule has 4 rings (SSSR count). The molecule has 0 amide bonds. The highest BCUT2D eigenvalue weighted by atomic mass is 19.1. The van der Waals surface area contributed by atoms with Crippen LogP contribution in [-0.4, -0.2) is 21.6 Å². The Kier molecular flexibility index (Phi) is 2.79. The number of halogens is 1. The molecule has 108 valence electrons. The third-order valence-corrected chi connectivity index (χ3v) is 3.69. The van der Waals surface area contributed by atoms with Gasteiger partial charge in [0.2, 0.25) is 0 Å². The third kappa shape index (κ3) is 1.83. The van der Waals surface area contributed by atoms with Gasteiger partial charge < -0.3 is 4.74 Å². The molecule has 0 aliphatic heterocycles. The van der Waals surface area contributed by atoms with E-state index in [1.54, 1.807) is 42.4 Å². The molecule has 2 aromatic carbocycles. The predicted molar refractivity (Wildman–Crippen MR) is 82.9 cm³/mol. The van der Waals surface area contributed by atoms with E-state index in [1.807, 2.05) is 18.2 Å². The van der Waals surface area contributed by atoms with E-state index >= 15 is 0 Å². The summed E-state index contributed by atoms with van der Waals surface area (Å²) in [7, 11) is 1.61. The number of hydrogen-bond donors (Lipinski definition) is 0. The number of ether oxygens (including phenoxy) is 1. The Hall–Kier alpha value is -2.95. The summed E-state index contributed by atoms with van der Waals surface area (Å²) < 4.78 is 21.2. The van der Waals surface area contributed by atoms with Crippen LogP contribution in [0.5, 0.6) is 5.75 Å². The Morgan fingerprint density at radius 3 is 2.73 bits per heavy atom. The van der Waals surface area contributed by atoms with Gasteiger partial charge in [0.05, 0.1) is 30.0 Å². The number of fused-ring (bicyclic) bond motifs is 3. The van der Waals surface area contributed by atoms with Gasteiger partial charge in [0.1, 0.15) is 23.4 Å². The fraction of sp³-hybridized carbons (Fsp3) is 0.0588. The van der Waals surface area contributed by atoms with Crippen molar-refractivity contribution in [1.29, 1.82) is 0 Å².